The van der Waals surface area contributed by atoms with Gasteiger partial charge in [-0.3, -0.25) is 4.79 Å². The van der Waals surface area contributed by atoms with E-state index in [1.807, 2.05) is 18.2 Å². The first-order chi connectivity index (χ1) is 10.6. The molecule has 1 aromatic carbocycles. The van der Waals surface area contributed by atoms with Gasteiger partial charge in [0.25, 0.3) is 5.91 Å². The van der Waals surface area contributed by atoms with Crippen LogP contribution in [-0.4, -0.2) is 23.6 Å². The molecule has 5 heteroatoms. The molecule has 22 heavy (non-hydrogen) atoms. The summed E-state index contributed by atoms with van der Waals surface area (Å²) in [6.45, 7) is 1.51. The Balaban J connectivity index is 1.66. The monoisotopic (exact) mass is 318 g/mol. The number of aromatic nitrogens is 1. The number of likely N-dealkylation sites (tertiary alicyclic amines) is 1. The molecule has 2 atom stereocenters. The minimum absolute atomic E-state index is 0.0178. The van der Waals surface area contributed by atoms with Crippen LogP contribution in [0.4, 0.5) is 5.69 Å². The van der Waals surface area contributed by atoms with Crippen LogP contribution >= 0.6 is 11.6 Å². The quantitative estimate of drug-likeness (QED) is 0.889. The van der Waals surface area contributed by atoms with Crippen molar-refractivity contribution in [3.63, 3.8) is 0 Å². The number of anilines is 1. The number of nitrogens with one attached hydrogen (secondary N) is 2. The van der Waals surface area contributed by atoms with Crippen molar-refractivity contribution in [2.75, 3.05) is 18.4 Å². The molecule has 0 aliphatic carbocycles. The molecule has 2 heterocycles. The van der Waals surface area contributed by atoms with Crippen molar-refractivity contribution in [3.05, 3.63) is 53.3 Å². The summed E-state index contributed by atoms with van der Waals surface area (Å²) in [7, 11) is 2.06. The van der Waals surface area contributed by atoms with E-state index in [4.69, 9.17) is 11.6 Å². The first-order valence-corrected chi connectivity index (χ1v) is 8.03. The molecule has 2 aromatic rings. The molecule has 116 valence electrons. The number of hydrogen-bond donors (Lipinski definition) is 2. The Morgan fingerprint density at radius 3 is 2.91 bits per heavy atom. The van der Waals surface area contributed by atoms with E-state index < -0.39 is 0 Å². The van der Waals surface area contributed by atoms with Gasteiger partial charge in [0.15, 0.2) is 6.54 Å². The molecule has 2 N–H and O–H groups in total. The van der Waals surface area contributed by atoms with Crippen LogP contribution in [0.2, 0.25) is 5.02 Å². The van der Waals surface area contributed by atoms with Crippen molar-refractivity contribution in [2.45, 2.75) is 18.9 Å². The molecule has 1 aromatic heterocycles. The van der Waals surface area contributed by atoms with E-state index in [2.05, 4.69) is 35.3 Å². The Hall–Kier alpha value is -1.78. The summed E-state index contributed by atoms with van der Waals surface area (Å²) in [5.74, 6) is 0.0178. The third kappa shape index (κ3) is 3.18. The predicted molar refractivity (Wildman–Crippen MR) is 88.2 cm³/mol. The summed E-state index contributed by atoms with van der Waals surface area (Å²) in [4.78, 5) is 13.6. The largest absolute Gasteiger partial charge is 0.350 e. The van der Waals surface area contributed by atoms with Gasteiger partial charge in [-0.1, -0.05) is 23.7 Å². The summed E-state index contributed by atoms with van der Waals surface area (Å²) >= 11 is 6.09. The van der Waals surface area contributed by atoms with Crippen molar-refractivity contribution >= 4 is 23.2 Å². The van der Waals surface area contributed by atoms with Crippen LogP contribution in [0.25, 0.3) is 0 Å². The molecule has 0 spiro atoms. The van der Waals surface area contributed by atoms with Crippen LogP contribution in [0.1, 0.15) is 24.6 Å². The summed E-state index contributed by atoms with van der Waals surface area (Å²) in [5, 5.41) is 3.49. The molecule has 4 nitrogen and oxygen atoms in total. The number of amides is 1. The van der Waals surface area contributed by atoms with Gasteiger partial charge in [0.2, 0.25) is 0 Å². The van der Waals surface area contributed by atoms with Crippen molar-refractivity contribution in [3.8, 4) is 0 Å². The molecule has 1 aliphatic rings. The van der Waals surface area contributed by atoms with Crippen molar-refractivity contribution in [2.24, 2.45) is 7.05 Å². The minimum Gasteiger partial charge on any atom is -0.350 e. The molecule has 1 aliphatic heterocycles. The second kappa shape index (κ2) is 6.55. The van der Waals surface area contributed by atoms with E-state index in [1.54, 1.807) is 6.07 Å². The highest BCUT2D eigenvalue weighted by Crippen LogP contribution is 2.21. The van der Waals surface area contributed by atoms with E-state index in [1.165, 1.54) is 10.6 Å². The van der Waals surface area contributed by atoms with Crippen LogP contribution in [0.5, 0.6) is 0 Å². The van der Waals surface area contributed by atoms with E-state index in [-0.39, 0.29) is 5.91 Å². The van der Waals surface area contributed by atoms with Crippen LogP contribution < -0.4 is 10.2 Å². The number of quaternary nitrogens is 1. The van der Waals surface area contributed by atoms with Gasteiger partial charge >= 0.3 is 0 Å². The molecule has 1 fully saturated rings. The van der Waals surface area contributed by atoms with Crippen molar-refractivity contribution < 1.29 is 9.69 Å². The third-order valence-electron chi connectivity index (χ3n) is 4.36. The fourth-order valence-corrected chi connectivity index (χ4v) is 3.46. The Labute approximate surface area is 135 Å². The van der Waals surface area contributed by atoms with Crippen LogP contribution in [0, 0.1) is 0 Å². The number of benzene rings is 1. The zero-order valence-electron chi connectivity index (χ0n) is 12.7. The maximum atomic E-state index is 12.3. The number of rotatable bonds is 4. The average Bonchev–Trinajstić information content (AvgIpc) is 3.10. The highest BCUT2D eigenvalue weighted by molar-refractivity contribution is 6.33. The second-order valence-electron chi connectivity index (χ2n) is 5.85. The molecular weight excluding hydrogens is 298 g/mol. The fraction of sp³-hybridized carbons (Fsp3) is 0.353. The van der Waals surface area contributed by atoms with Gasteiger partial charge in [-0.2, -0.15) is 0 Å². The predicted octanol–water partition coefficient (Wildman–Crippen LogP) is 2.04. The summed E-state index contributed by atoms with van der Waals surface area (Å²) in [6, 6.07) is 12.0. The number of halogens is 1. The maximum Gasteiger partial charge on any atom is 0.279 e. The first-order valence-electron chi connectivity index (χ1n) is 7.65. The molecule has 1 saturated heterocycles. The van der Waals surface area contributed by atoms with E-state index in [0.717, 1.165) is 19.4 Å². The van der Waals surface area contributed by atoms with Gasteiger partial charge in [-0.15, -0.1) is 0 Å². The van der Waals surface area contributed by atoms with Gasteiger partial charge in [0.1, 0.15) is 6.04 Å². The van der Waals surface area contributed by atoms with E-state index in [9.17, 15) is 4.79 Å². The molecule has 3 rings (SSSR count). The summed E-state index contributed by atoms with van der Waals surface area (Å²) in [6.07, 6.45) is 4.35. The van der Waals surface area contributed by atoms with Gasteiger partial charge in [0, 0.05) is 26.1 Å². The number of carbonyl (C=O) groups excluding carboxylic acids is 1. The van der Waals surface area contributed by atoms with Crippen LogP contribution in [0.3, 0.4) is 0 Å². The van der Waals surface area contributed by atoms with Gasteiger partial charge in [0.05, 0.1) is 22.9 Å². The van der Waals surface area contributed by atoms with Crippen LogP contribution in [-0.2, 0) is 11.8 Å². The first kappa shape index (κ1) is 15.1. The SMILES string of the molecule is Cn1cccc1[C@H]1CCC[NH+]1CC(=O)Nc1ccccc1Cl. The fourth-order valence-electron chi connectivity index (χ4n) is 3.28. The lowest BCUT2D eigenvalue weighted by molar-refractivity contribution is -0.910. The third-order valence-corrected chi connectivity index (χ3v) is 4.69. The Kier molecular flexibility index (Phi) is 4.50. The lowest BCUT2D eigenvalue weighted by Crippen LogP contribution is -3.11. The molecule has 1 amide bonds. The molecular formula is C17H21ClN3O+. The Morgan fingerprint density at radius 2 is 2.18 bits per heavy atom. The smallest absolute Gasteiger partial charge is 0.279 e. The lowest BCUT2D eigenvalue weighted by Gasteiger charge is -2.21. The average molecular weight is 319 g/mol. The number of aryl methyl sites for hydroxylation is 1. The highest BCUT2D eigenvalue weighted by Gasteiger charge is 2.32. The van der Waals surface area contributed by atoms with Crippen LogP contribution in [0.15, 0.2) is 42.6 Å². The number of carbonyl (C=O) groups is 1. The molecule has 1 unspecified atom stereocenters. The number of para-hydroxylation sites is 1. The Bertz CT molecular complexity index is 667. The van der Waals surface area contributed by atoms with Gasteiger partial charge in [-0.05, 0) is 24.3 Å². The number of hydrogen-bond acceptors (Lipinski definition) is 1. The zero-order valence-corrected chi connectivity index (χ0v) is 13.4. The van der Waals surface area contributed by atoms with E-state index >= 15 is 0 Å². The zero-order chi connectivity index (χ0) is 15.5. The lowest BCUT2D eigenvalue weighted by atomic mass is 10.1. The minimum atomic E-state index is 0.0178. The highest BCUT2D eigenvalue weighted by atomic mass is 35.5. The Morgan fingerprint density at radius 1 is 1.36 bits per heavy atom. The van der Waals surface area contributed by atoms with E-state index in [0.29, 0.717) is 23.3 Å². The standard InChI is InChI=1S/C17H20ClN3O/c1-20-10-4-8-15(20)16-9-5-11-21(16)12-17(22)19-14-7-3-2-6-13(14)18/h2-4,6-8,10,16H,5,9,11-12H2,1H3,(H,19,22)/p+1/t16-/m1/s1. The normalized spacial score (nSPS) is 21.0. The topological polar surface area (TPSA) is 38.5 Å². The second-order valence-corrected chi connectivity index (χ2v) is 6.26. The molecule has 0 bridgehead atoms. The van der Waals surface area contributed by atoms with Crippen molar-refractivity contribution in [1.29, 1.82) is 0 Å². The summed E-state index contributed by atoms with van der Waals surface area (Å²) in [5.41, 5.74) is 1.99. The number of nitrogens with zero attached hydrogens (tertiary/aromatic N) is 1. The molecule has 0 radical (unpaired) electrons. The van der Waals surface area contributed by atoms with Gasteiger partial charge in [-0.25, -0.2) is 0 Å². The maximum absolute atomic E-state index is 12.3. The summed E-state index contributed by atoms with van der Waals surface area (Å²) < 4.78 is 2.15. The molecule has 0 saturated carbocycles. The van der Waals surface area contributed by atoms with Crippen molar-refractivity contribution in [1.82, 2.24) is 4.57 Å². The van der Waals surface area contributed by atoms with Gasteiger partial charge < -0.3 is 14.8 Å².